The van der Waals surface area contributed by atoms with Gasteiger partial charge in [-0.25, -0.2) is 0 Å². The smallest absolute Gasteiger partial charge is 0.0633 e. The first-order valence-corrected chi connectivity index (χ1v) is 6.78. The predicted octanol–water partition coefficient (Wildman–Crippen LogP) is 1.87. The van der Waals surface area contributed by atoms with Crippen molar-refractivity contribution in [2.75, 3.05) is 6.61 Å². The highest BCUT2D eigenvalue weighted by Crippen LogP contribution is 2.41. The molecule has 3 heterocycles. The number of rotatable bonds is 4. The zero-order valence-electron chi connectivity index (χ0n) is 9.81. The summed E-state index contributed by atoms with van der Waals surface area (Å²) in [6.45, 7) is 0.915. The van der Waals surface area contributed by atoms with Gasteiger partial charge in [-0.1, -0.05) is 0 Å². The molecule has 3 aliphatic rings. The molecular formula is C13H22O3. The highest BCUT2D eigenvalue weighted by molar-refractivity contribution is 4.92. The minimum atomic E-state index is -0.167. The molecule has 92 valence electrons. The first-order valence-electron chi connectivity index (χ1n) is 6.78. The summed E-state index contributed by atoms with van der Waals surface area (Å²) < 4.78 is 11.4. The Morgan fingerprint density at radius 1 is 1.25 bits per heavy atom. The van der Waals surface area contributed by atoms with Gasteiger partial charge in [0.25, 0.3) is 0 Å². The van der Waals surface area contributed by atoms with Gasteiger partial charge >= 0.3 is 0 Å². The molecule has 3 heteroatoms. The maximum Gasteiger partial charge on any atom is 0.0633 e. The summed E-state index contributed by atoms with van der Waals surface area (Å²) >= 11 is 0. The first-order chi connectivity index (χ1) is 7.83. The highest BCUT2D eigenvalue weighted by Gasteiger charge is 2.43. The number of hydrogen-bond donors (Lipinski definition) is 1. The molecule has 0 aromatic rings. The van der Waals surface area contributed by atoms with Gasteiger partial charge in [0.05, 0.1) is 24.4 Å². The van der Waals surface area contributed by atoms with Crippen molar-refractivity contribution in [3.05, 3.63) is 0 Å². The molecule has 0 aromatic carbocycles. The molecule has 0 spiro atoms. The Kier molecular flexibility index (Phi) is 3.18. The Labute approximate surface area is 97.1 Å². The van der Waals surface area contributed by atoms with Gasteiger partial charge in [-0.05, 0) is 44.9 Å². The van der Waals surface area contributed by atoms with Gasteiger partial charge in [0.15, 0.2) is 0 Å². The molecule has 2 bridgehead atoms. The van der Waals surface area contributed by atoms with Crippen LogP contribution in [0.5, 0.6) is 0 Å². The van der Waals surface area contributed by atoms with Crippen LogP contribution in [0, 0.1) is 5.92 Å². The molecule has 5 unspecified atom stereocenters. The Morgan fingerprint density at radius 2 is 2.19 bits per heavy atom. The third-order valence-corrected chi connectivity index (χ3v) is 4.46. The fourth-order valence-electron chi connectivity index (χ4n) is 3.52. The van der Waals surface area contributed by atoms with Gasteiger partial charge < -0.3 is 14.6 Å². The molecule has 5 atom stereocenters. The number of ether oxygens (including phenoxy) is 2. The molecule has 3 nitrogen and oxygen atoms in total. The lowest BCUT2D eigenvalue weighted by Crippen LogP contribution is -2.30. The molecule has 0 radical (unpaired) electrons. The van der Waals surface area contributed by atoms with Crippen molar-refractivity contribution in [2.24, 2.45) is 5.92 Å². The molecule has 1 N–H and O–H groups in total. The van der Waals surface area contributed by atoms with Crippen LogP contribution >= 0.6 is 0 Å². The van der Waals surface area contributed by atoms with Crippen molar-refractivity contribution in [2.45, 2.75) is 69.4 Å². The summed E-state index contributed by atoms with van der Waals surface area (Å²) in [5.41, 5.74) is 0. The fraction of sp³-hybridized carbons (Fsp3) is 1.00. The molecule has 3 aliphatic heterocycles. The predicted molar refractivity (Wildman–Crippen MR) is 60.2 cm³/mol. The zero-order chi connectivity index (χ0) is 11.0. The molecule has 3 rings (SSSR count). The molecule has 0 amide bonds. The monoisotopic (exact) mass is 226 g/mol. The second-order valence-corrected chi connectivity index (χ2v) is 5.55. The third-order valence-electron chi connectivity index (χ3n) is 4.46. The van der Waals surface area contributed by atoms with E-state index in [0.717, 1.165) is 32.3 Å². The maximum absolute atomic E-state index is 10.2. The second-order valence-electron chi connectivity index (χ2n) is 5.55. The van der Waals surface area contributed by atoms with Crippen molar-refractivity contribution in [3.63, 3.8) is 0 Å². The highest BCUT2D eigenvalue weighted by atomic mass is 16.5. The summed E-state index contributed by atoms with van der Waals surface area (Å²) in [6, 6.07) is 0. The van der Waals surface area contributed by atoms with Crippen LogP contribution in [0.25, 0.3) is 0 Å². The van der Waals surface area contributed by atoms with Gasteiger partial charge in [-0.15, -0.1) is 0 Å². The van der Waals surface area contributed by atoms with Crippen molar-refractivity contribution in [3.8, 4) is 0 Å². The van der Waals surface area contributed by atoms with E-state index in [0.29, 0.717) is 24.2 Å². The fourth-order valence-corrected chi connectivity index (χ4v) is 3.52. The van der Waals surface area contributed by atoms with Crippen molar-refractivity contribution < 1.29 is 14.6 Å². The Balaban J connectivity index is 1.44. The lowest BCUT2D eigenvalue weighted by Gasteiger charge is -2.25. The average Bonchev–Trinajstić information content (AvgIpc) is 3.01. The lowest BCUT2D eigenvalue weighted by atomic mass is 9.83. The normalized spacial score (nSPS) is 44.1. The summed E-state index contributed by atoms with van der Waals surface area (Å²) in [5, 5.41) is 10.2. The van der Waals surface area contributed by atoms with Crippen molar-refractivity contribution in [1.29, 1.82) is 0 Å². The van der Waals surface area contributed by atoms with Crippen LogP contribution in [0.3, 0.4) is 0 Å². The van der Waals surface area contributed by atoms with Crippen LogP contribution in [0.15, 0.2) is 0 Å². The van der Waals surface area contributed by atoms with E-state index in [9.17, 15) is 5.11 Å². The number of hydrogen-bond acceptors (Lipinski definition) is 3. The minimum Gasteiger partial charge on any atom is -0.393 e. The molecule has 3 saturated heterocycles. The van der Waals surface area contributed by atoms with Gasteiger partial charge in [0.1, 0.15) is 0 Å². The number of fused-ring (bicyclic) bond motifs is 2. The van der Waals surface area contributed by atoms with E-state index in [1.54, 1.807) is 0 Å². The second kappa shape index (κ2) is 4.63. The Hall–Kier alpha value is -0.120. The van der Waals surface area contributed by atoms with Crippen molar-refractivity contribution >= 4 is 0 Å². The standard InChI is InChI=1S/C13H22O3/c14-12(5-3-9-2-1-7-15-9)11-8-10-4-6-13(11)16-10/h9-14H,1-8H2. The molecule has 3 fully saturated rings. The van der Waals surface area contributed by atoms with Gasteiger partial charge in [0.2, 0.25) is 0 Å². The van der Waals surface area contributed by atoms with E-state index in [1.165, 1.54) is 19.3 Å². The van der Waals surface area contributed by atoms with E-state index in [2.05, 4.69) is 0 Å². The van der Waals surface area contributed by atoms with E-state index >= 15 is 0 Å². The van der Waals surface area contributed by atoms with E-state index in [1.807, 2.05) is 0 Å². The minimum absolute atomic E-state index is 0.167. The first kappa shape index (κ1) is 11.0. The van der Waals surface area contributed by atoms with Gasteiger partial charge in [0, 0.05) is 12.5 Å². The summed E-state index contributed by atoms with van der Waals surface area (Å²) in [4.78, 5) is 0. The van der Waals surface area contributed by atoms with Crippen LogP contribution in [0.2, 0.25) is 0 Å². The van der Waals surface area contributed by atoms with Crippen LogP contribution in [0.4, 0.5) is 0 Å². The van der Waals surface area contributed by atoms with Crippen LogP contribution in [-0.2, 0) is 9.47 Å². The van der Waals surface area contributed by atoms with Crippen LogP contribution < -0.4 is 0 Å². The van der Waals surface area contributed by atoms with Crippen molar-refractivity contribution in [1.82, 2.24) is 0 Å². The Bertz CT molecular complexity index is 237. The van der Waals surface area contributed by atoms with Crippen LogP contribution in [-0.4, -0.2) is 36.1 Å². The third kappa shape index (κ3) is 2.13. The summed E-state index contributed by atoms with van der Waals surface area (Å²) in [7, 11) is 0. The van der Waals surface area contributed by atoms with E-state index in [-0.39, 0.29) is 6.10 Å². The molecule has 0 aliphatic carbocycles. The summed E-state index contributed by atoms with van der Waals surface area (Å²) in [6.07, 6.45) is 8.78. The lowest BCUT2D eigenvalue weighted by molar-refractivity contribution is 0.0258. The summed E-state index contributed by atoms with van der Waals surface area (Å²) in [5.74, 6) is 0.403. The van der Waals surface area contributed by atoms with Gasteiger partial charge in [-0.3, -0.25) is 0 Å². The van der Waals surface area contributed by atoms with E-state index < -0.39 is 0 Å². The average molecular weight is 226 g/mol. The quantitative estimate of drug-likeness (QED) is 0.795. The number of aliphatic hydroxyl groups is 1. The number of aliphatic hydroxyl groups excluding tert-OH is 1. The maximum atomic E-state index is 10.2. The zero-order valence-corrected chi connectivity index (χ0v) is 9.81. The topological polar surface area (TPSA) is 38.7 Å². The molecule has 0 aromatic heterocycles. The SMILES string of the molecule is OC(CCC1CCCO1)C1CC2CCC1O2. The van der Waals surface area contributed by atoms with Crippen LogP contribution in [0.1, 0.15) is 44.9 Å². The van der Waals surface area contributed by atoms with Gasteiger partial charge in [-0.2, -0.15) is 0 Å². The molecular weight excluding hydrogens is 204 g/mol. The molecule has 16 heavy (non-hydrogen) atoms. The largest absolute Gasteiger partial charge is 0.393 e. The molecule has 0 saturated carbocycles. The van der Waals surface area contributed by atoms with E-state index in [4.69, 9.17) is 9.47 Å². The Morgan fingerprint density at radius 3 is 2.81 bits per heavy atom.